The highest BCUT2D eigenvalue weighted by molar-refractivity contribution is 5.95. The number of carbonyl (C=O) groups excluding carboxylic acids is 2. The quantitative estimate of drug-likeness (QED) is 0.757. The molecule has 0 aliphatic carbocycles. The number of hydrogen-bond acceptors (Lipinski definition) is 5. The van der Waals surface area contributed by atoms with Crippen molar-refractivity contribution in [2.75, 3.05) is 20.2 Å². The van der Waals surface area contributed by atoms with Crippen molar-refractivity contribution in [1.29, 1.82) is 0 Å². The molecule has 0 atom stereocenters. The summed E-state index contributed by atoms with van der Waals surface area (Å²) >= 11 is 0. The Kier molecular flexibility index (Phi) is 4.52. The summed E-state index contributed by atoms with van der Waals surface area (Å²) in [5.41, 5.74) is 0.242. The first kappa shape index (κ1) is 15.0. The number of methoxy groups -OCH3 is 1. The lowest BCUT2D eigenvalue weighted by atomic mass is 10.0. The maximum atomic E-state index is 12.3. The van der Waals surface area contributed by atoms with Crippen molar-refractivity contribution < 1.29 is 24.5 Å². The number of amides is 2. The van der Waals surface area contributed by atoms with Crippen molar-refractivity contribution in [3.05, 3.63) is 23.8 Å². The number of piperidine rings is 1. The minimum Gasteiger partial charge on any atom is -0.508 e. The van der Waals surface area contributed by atoms with E-state index >= 15 is 0 Å². The van der Waals surface area contributed by atoms with Gasteiger partial charge in [0.1, 0.15) is 11.5 Å². The Hall–Kier alpha value is -2.44. The van der Waals surface area contributed by atoms with Crippen LogP contribution in [0.15, 0.2) is 18.2 Å². The minimum absolute atomic E-state index is 0.0147. The van der Waals surface area contributed by atoms with Crippen molar-refractivity contribution in [3.8, 4) is 11.5 Å². The van der Waals surface area contributed by atoms with Crippen LogP contribution in [0.5, 0.6) is 11.5 Å². The topological polar surface area (TPSA) is 99.1 Å². The van der Waals surface area contributed by atoms with Crippen LogP contribution in [0.25, 0.3) is 0 Å². The van der Waals surface area contributed by atoms with E-state index < -0.39 is 6.09 Å². The number of phenolic OH excluding ortho intramolecular Hbond substituents is 2. The first-order valence-corrected chi connectivity index (χ1v) is 6.66. The predicted molar refractivity (Wildman–Crippen MR) is 74.2 cm³/mol. The molecule has 7 heteroatoms. The molecule has 0 saturated carbocycles. The molecule has 1 saturated heterocycles. The van der Waals surface area contributed by atoms with Crippen LogP contribution < -0.4 is 5.32 Å². The summed E-state index contributed by atoms with van der Waals surface area (Å²) in [6.07, 6.45) is 0.787. The molecule has 114 valence electrons. The lowest BCUT2D eigenvalue weighted by Gasteiger charge is -2.32. The fraction of sp³-hybridized carbons (Fsp3) is 0.429. The Balaban J connectivity index is 1.95. The van der Waals surface area contributed by atoms with Gasteiger partial charge in [-0.2, -0.15) is 0 Å². The zero-order valence-electron chi connectivity index (χ0n) is 11.7. The summed E-state index contributed by atoms with van der Waals surface area (Å²) in [6.45, 7) is 0.980. The Morgan fingerprint density at radius 1 is 1.19 bits per heavy atom. The summed E-state index contributed by atoms with van der Waals surface area (Å²) in [5, 5.41) is 21.5. The number of phenols is 2. The number of nitrogens with zero attached hydrogens (tertiary/aromatic N) is 1. The van der Waals surface area contributed by atoms with Gasteiger partial charge in [0.05, 0.1) is 7.11 Å². The Bertz CT molecular complexity index is 518. The molecule has 1 heterocycles. The van der Waals surface area contributed by atoms with E-state index in [1.807, 2.05) is 0 Å². The van der Waals surface area contributed by atoms with Gasteiger partial charge in [0.25, 0.3) is 5.91 Å². The first-order valence-electron chi connectivity index (χ1n) is 6.66. The molecule has 1 aromatic carbocycles. The van der Waals surface area contributed by atoms with E-state index in [1.54, 1.807) is 4.90 Å². The van der Waals surface area contributed by atoms with Crippen molar-refractivity contribution in [1.82, 2.24) is 10.2 Å². The van der Waals surface area contributed by atoms with Crippen LogP contribution in [0.4, 0.5) is 4.79 Å². The molecule has 3 N–H and O–H groups in total. The molecule has 7 nitrogen and oxygen atoms in total. The predicted octanol–water partition coefficient (Wildman–Crippen LogP) is 1.06. The Morgan fingerprint density at radius 2 is 1.76 bits per heavy atom. The summed E-state index contributed by atoms with van der Waals surface area (Å²) in [4.78, 5) is 25.0. The molecule has 1 aromatic rings. The van der Waals surface area contributed by atoms with Gasteiger partial charge >= 0.3 is 6.09 Å². The van der Waals surface area contributed by atoms with Gasteiger partial charge in [-0.15, -0.1) is 0 Å². The van der Waals surface area contributed by atoms with Gasteiger partial charge in [0, 0.05) is 30.8 Å². The van der Waals surface area contributed by atoms with Gasteiger partial charge in [-0.1, -0.05) is 0 Å². The molecule has 1 fully saturated rings. The number of alkyl carbamates (subject to hydrolysis) is 1. The van der Waals surface area contributed by atoms with Crippen LogP contribution in [0.1, 0.15) is 23.2 Å². The van der Waals surface area contributed by atoms with E-state index in [0.717, 1.165) is 0 Å². The summed E-state index contributed by atoms with van der Waals surface area (Å²) < 4.78 is 4.54. The van der Waals surface area contributed by atoms with Crippen molar-refractivity contribution in [2.24, 2.45) is 0 Å². The minimum atomic E-state index is -0.474. The van der Waals surface area contributed by atoms with Crippen LogP contribution in [0, 0.1) is 0 Å². The summed E-state index contributed by atoms with van der Waals surface area (Å²) in [5.74, 6) is -0.557. The van der Waals surface area contributed by atoms with Crippen molar-refractivity contribution in [2.45, 2.75) is 18.9 Å². The molecule has 21 heavy (non-hydrogen) atoms. The monoisotopic (exact) mass is 294 g/mol. The van der Waals surface area contributed by atoms with Gasteiger partial charge in [-0.25, -0.2) is 4.79 Å². The number of aromatic hydroxyl groups is 2. The lowest BCUT2D eigenvalue weighted by Crippen LogP contribution is -2.46. The second-order valence-corrected chi connectivity index (χ2v) is 4.94. The maximum absolute atomic E-state index is 12.3. The highest BCUT2D eigenvalue weighted by Gasteiger charge is 2.25. The average Bonchev–Trinajstić information content (AvgIpc) is 2.46. The van der Waals surface area contributed by atoms with E-state index in [2.05, 4.69) is 10.1 Å². The molecule has 0 radical (unpaired) electrons. The third kappa shape index (κ3) is 3.77. The Morgan fingerprint density at radius 3 is 2.29 bits per heavy atom. The second-order valence-electron chi connectivity index (χ2n) is 4.94. The van der Waals surface area contributed by atoms with E-state index in [9.17, 15) is 19.8 Å². The molecule has 0 spiro atoms. The smallest absolute Gasteiger partial charge is 0.407 e. The second kappa shape index (κ2) is 6.34. The van der Waals surface area contributed by atoms with Gasteiger partial charge in [0.15, 0.2) is 0 Å². The maximum Gasteiger partial charge on any atom is 0.407 e. The first-order chi connectivity index (χ1) is 9.99. The number of benzene rings is 1. The van der Waals surface area contributed by atoms with E-state index in [-0.39, 0.29) is 29.0 Å². The highest BCUT2D eigenvalue weighted by atomic mass is 16.5. The normalized spacial score (nSPS) is 15.6. The zero-order valence-corrected chi connectivity index (χ0v) is 11.7. The van der Waals surface area contributed by atoms with E-state index in [4.69, 9.17) is 0 Å². The largest absolute Gasteiger partial charge is 0.508 e. The number of nitrogens with one attached hydrogen (secondary N) is 1. The van der Waals surface area contributed by atoms with Crippen LogP contribution >= 0.6 is 0 Å². The molecule has 0 unspecified atom stereocenters. The fourth-order valence-corrected chi connectivity index (χ4v) is 2.35. The third-order valence-electron chi connectivity index (χ3n) is 3.44. The van der Waals surface area contributed by atoms with E-state index in [1.165, 1.54) is 25.3 Å². The van der Waals surface area contributed by atoms with Crippen LogP contribution in [0.3, 0.4) is 0 Å². The molecule has 0 bridgehead atoms. The number of likely N-dealkylation sites (tertiary alicyclic amines) is 1. The van der Waals surface area contributed by atoms with Crippen LogP contribution in [-0.2, 0) is 4.74 Å². The molecule has 2 amide bonds. The van der Waals surface area contributed by atoms with Gasteiger partial charge in [-0.3, -0.25) is 4.79 Å². The summed E-state index contributed by atoms with van der Waals surface area (Å²) in [6, 6.07) is 3.80. The Labute approximate surface area is 122 Å². The van der Waals surface area contributed by atoms with Crippen LogP contribution in [-0.4, -0.2) is 53.4 Å². The SMILES string of the molecule is COC(=O)NC1CCN(C(=O)c2cc(O)cc(O)c2)CC1. The van der Waals surface area contributed by atoms with Crippen molar-refractivity contribution >= 4 is 12.0 Å². The summed E-state index contributed by atoms with van der Waals surface area (Å²) in [7, 11) is 1.31. The standard InChI is InChI=1S/C14H18N2O5/c1-21-14(20)15-10-2-4-16(5-3-10)13(19)9-6-11(17)8-12(18)7-9/h6-8,10,17-18H,2-5H2,1H3,(H,15,20). The molecule has 1 aliphatic heterocycles. The van der Waals surface area contributed by atoms with Gasteiger partial charge in [-0.05, 0) is 25.0 Å². The number of rotatable bonds is 2. The van der Waals surface area contributed by atoms with E-state index in [0.29, 0.717) is 25.9 Å². The van der Waals surface area contributed by atoms with Crippen LogP contribution in [0.2, 0.25) is 0 Å². The van der Waals surface area contributed by atoms with Gasteiger partial charge in [0.2, 0.25) is 0 Å². The lowest BCUT2D eigenvalue weighted by molar-refractivity contribution is 0.0703. The molecule has 0 aromatic heterocycles. The average molecular weight is 294 g/mol. The molecular formula is C14H18N2O5. The number of ether oxygens (including phenoxy) is 1. The third-order valence-corrected chi connectivity index (χ3v) is 3.44. The molecule has 2 rings (SSSR count). The van der Waals surface area contributed by atoms with Gasteiger partial charge < -0.3 is 25.2 Å². The number of carbonyl (C=O) groups is 2. The fourth-order valence-electron chi connectivity index (χ4n) is 2.35. The highest BCUT2D eigenvalue weighted by Crippen LogP contribution is 2.22. The molecular weight excluding hydrogens is 276 g/mol. The van der Waals surface area contributed by atoms with Crippen molar-refractivity contribution in [3.63, 3.8) is 0 Å². The zero-order chi connectivity index (χ0) is 15.4. The number of hydrogen-bond donors (Lipinski definition) is 3. The molecule has 1 aliphatic rings.